The fraction of sp³-hybridized carbons (Fsp3) is 0.250. The minimum atomic E-state index is -0.126. The summed E-state index contributed by atoms with van der Waals surface area (Å²) in [6.07, 6.45) is 3.59. The lowest BCUT2D eigenvalue weighted by Gasteiger charge is -2.35. The minimum absolute atomic E-state index is 0.120. The molecule has 3 heterocycles. The summed E-state index contributed by atoms with van der Waals surface area (Å²) in [5.41, 5.74) is 3.92. The molecule has 7 nitrogen and oxygen atoms in total. The highest BCUT2D eigenvalue weighted by molar-refractivity contribution is 6.24. The first-order chi connectivity index (χ1) is 17.2. The zero-order valence-corrected chi connectivity index (χ0v) is 19.9. The molecular weight excluding hydrogens is 436 g/mol. The number of fused-ring (bicyclic) bond motifs is 1. The highest BCUT2D eigenvalue weighted by Crippen LogP contribution is 2.24. The standard InChI is InChI=1S/C28H30N6O/c1-33-15-17-34(18-16-33)20-26(22-11-6-3-7-12-22)30-28(35)24(21-9-4-2-5-10-21)19-25-23-13-8-14-29-27(23)32-31-25/h2-14,19,26H,15-18,20H2,1H3,(H,30,35)(H,29,31,32)/b24-19+/t26-/m1/s1. The van der Waals surface area contributed by atoms with Gasteiger partial charge in [0.2, 0.25) is 0 Å². The van der Waals surface area contributed by atoms with Crippen LogP contribution in [0.4, 0.5) is 0 Å². The summed E-state index contributed by atoms with van der Waals surface area (Å²) in [6, 6.07) is 23.7. The lowest BCUT2D eigenvalue weighted by Crippen LogP contribution is -2.47. The van der Waals surface area contributed by atoms with Gasteiger partial charge in [-0.3, -0.25) is 14.8 Å². The van der Waals surface area contributed by atoms with Gasteiger partial charge < -0.3 is 10.2 Å². The molecule has 1 amide bonds. The van der Waals surface area contributed by atoms with Gasteiger partial charge in [0, 0.05) is 49.9 Å². The fourth-order valence-electron chi connectivity index (χ4n) is 4.47. The van der Waals surface area contributed by atoms with Gasteiger partial charge in [0.25, 0.3) is 5.91 Å². The second-order valence-corrected chi connectivity index (χ2v) is 8.98. The number of H-pyrrole nitrogens is 1. The number of aromatic nitrogens is 3. The first-order valence-electron chi connectivity index (χ1n) is 12.0. The summed E-state index contributed by atoms with van der Waals surface area (Å²) < 4.78 is 0. The van der Waals surface area contributed by atoms with Crippen LogP contribution in [-0.2, 0) is 4.79 Å². The number of benzene rings is 2. The zero-order valence-electron chi connectivity index (χ0n) is 19.9. The number of rotatable bonds is 7. The highest BCUT2D eigenvalue weighted by atomic mass is 16.1. The Balaban J connectivity index is 1.46. The second kappa shape index (κ2) is 10.6. The summed E-state index contributed by atoms with van der Waals surface area (Å²) in [5.74, 6) is -0.120. The molecule has 2 aromatic carbocycles. The highest BCUT2D eigenvalue weighted by Gasteiger charge is 2.23. The van der Waals surface area contributed by atoms with E-state index in [0.29, 0.717) is 11.2 Å². The third kappa shape index (κ3) is 5.48. The number of aromatic amines is 1. The van der Waals surface area contributed by atoms with E-state index in [9.17, 15) is 4.79 Å². The molecule has 7 heteroatoms. The molecule has 1 aliphatic rings. The second-order valence-electron chi connectivity index (χ2n) is 8.98. The van der Waals surface area contributed by atoms with Crippen LogP contribution in [-0.4, -0.2) is 70.7 Å². The van der Waals surface area contributed by atoms with Crippen LogP contribution in [0.1, 0.15) is 22.9 Å². The summed E-state index contributed by atoms with van der Waals surface area (Å²) in [4.78, 5) is 22.9. The Morgan fingerprint density at radius 2 is 1.71 bits per heavy atom. The lowest BCUT2D eigenvalue weighted by atomic mass is 10.0. The summed E-state index contributed by atoms with van der Waals surface area (Å²) >= 11 is 0. The van der Waals surface area contributed by atoms with Crippen molar-refractivity contribution in [2.45, 2.75) is 6.04 Å². The normalized spacial score (nSPS) is 16.3. The van der Waals surface area contributed by atoms with E-state index in [1.807, 2.05) is 66.7 Å². The molecule has 0 saturated carbocycles. The van der Waals surface area contributed by atoms with E-state index in [1.165, 1.54) is 0 Å². The minimum Gasteiger partial charge on any atom is -0.344 e. The smallest absolute Gasteiger partial charge is 0.252 e. The van der Waals surface area contributed by atoms with Crippen molar-refractivity contribution in [1.29, 1.82) is 0 Å². The number of hydrogen-bond donors (Lipinski definition) is 2. The van der Waals surface area contributed by atoms with Crippen LogP contribution in [0.5, 0.6) is 0 Å². The Morgan fingerprint density at radius 1 is 1.00 bits per heavy atom. The van der Waals surface area contributed by atoms with Gasteiger partial charge in [0.15, 0.2) is 5.65 Å². The van der Waals surface area contributed by atoms with Gasteiger partial charge in [-0.2, -0.15) is 5.10 Å². The van der Waals surface area contributed by atoms with Gasteiger partial charge in [-0.15, -0.1) is 0 Å². The first kappa shape index (κ1) is 23.0. The molecule has 35 heavy (non-hydrogen) atoms. The van der Waals surface area contributed by atoms with Crippen LogP contribution >= 0.6 is 0 Å². The van der Waals surface area contributed by atoms with E-state index in [4.69, 9.17) is 0 Å². The molecule has 1 aliphatic heterocycles. The first-order valence-corrected chi connectivity index (χ1v) is 12.0. The molecule has 0 spiro atoms. The monoisotopic (exact) mass is 466 g/mol. The zero-order chi connectivity index (χ0) is 24.0. The Labute approximate surface area is 205 Å². The molecule has 178 valence electrons. The van der Waals surface area contributed by atoms with Gasteiger partial charge in [-0.1, -0.05) is 60.7 Å². The predicted molar refractivity (Wildman–Crippen MR) is 139 cm³/mol. The van der Waals surface area contributed by atoms with Gasteiger partial charge in [0.1, 0.15) is 0 Å². The van der Waals surface area contributed by atoms with Crippen LogP contribution < -0.4 is 5.32 Å². The number of hydrogen-bond acceptors (Lipinski definition) is 5. The molecule has 2 aromatic heterocycles. The number of likely N-dealkylation sites (N-methyl/N-ethyl adjacent to an activating group) is 1. The van der Waals surface area contributed by atoms with Gasteiger partial charge in [-0.05, 0) is 36.4 Å². The van der Waals surface area contributed by atoms with Gasteiger partial charge in [-0.25, -0.2) is 4.98 Å². The maximum atomic E-state index is 13.8. The number of carbonyl (C=O) groups is 1. The van der Waals surface area contributed by atoms with E-state index in [1.54, 1.807) is 6.20 Å². The number of pyridine rings is 1. The van der Waals surface area contributed by atoms with Crippen molar-refractivity contribution in [3.63, 3.8) is 0 Å². The maximum Gasteiger partial charge on any atom is 0.252 e. The van der Waals surface area contributed by atoms with Crippen LogP contribution in [0, 0.1) is 0 Å². The van der Waals surface area contributed by atoms with E-state index in [0.717, 1.165) is 54.9 Å². The molecule has 4 aromatic rings. The Bertz CT molecular complexity index is 1290. The average molecular weight is 467 g/mol. The molecular formula is C28H30N6O. The molecule has 0 bridgehead atoms. The van der Waals surface area contributed by atoms with Crippen molar-refractivity contribution in [2.24, 2.45) is 0 Å². The van der Waals surface area contributed by atoms with Crippen molar-refractivity contribution in [1.82, 2.24) is 30.3 Å². The quantitative estimate of drug-likeness (QED) is 0.407. The van der Waals surface area contributed by atoms with Crippen molar-refractivity contribution >= 4 is 28.6 Å². The summed E-state index contributed by atoms with van der Waals surface area (Å²) in [5, 5.41) is 11.6. The predicted octanol–water partition coefficient (Wildman–Crippen LogP) is 3.60. The van der Waals surface area contributed by atoms with E-state index < -0.39 is 0 Å². The van der Waals surface area contributed by atoms with Gasteiger partial charge >= 0.3 is 0 Å². The SMILES string of the molecule is CN1CCN(C[C@@H](NC(=O)/C(=C/c2[nH]nc3ncccc23)c2ccccc2)c2ccccc2)CC1. The Hall–Kier alpha value is -3.81. The maximum absolute atomic E-state index is 13.8. The third-order valence-electron chi connectivity index (χ3n) is 6.52. The molecule has 0 radical (unpaired) electrons. The molecule has 2 N–H and O–H groups in total. The molecule has 1 atom stereocenters. The van der Waals surface area contributed by atoms with E-state index >= 15 is 0 Å². The van der Waals surface area contributed by atoms with Crippen LogP contribution in [0.2, 0.25) is 0 Å². The van der Waals surface area contributed by atoms with Crippen LogP contribution in [0.25, 0.3) is 22.7 Å². The number of carbonyl (C=O) groups excluding carboxylic acids is 1. The molecule has 5 rings (SSSR count). The Kier molecular flexibility index (Phi) is 6.97. The van der Waals surface area contributed by atoms with Crippen molar-refractivity contribution in [3.05, 3.63) is 95.8 Å². The molecule has 0 unspecified atom stereocenters. The third-order valence-corrected chi connectivity index (χ3v) is 6.52. The number of piperazine rings is 1. The van der Waals surface area contributed by atoms with Gasteiger partial charge in [0.05, 0.1) is 11.7 Å². The van der Waals surface area contributed by atoms with Crippen LogP contribution in [0.3, 0.4) is 0 Å². The van der Waals surface area contributed by atoms with Crippen molar-refractivity contribution in [2.75, 3.05) is 39.8 Å². The molecule has 0 aliphatic carbocycles. The fourth-order valence-corrected chi connectivity index (χ4v) is 4.47. The van der Waals surface area contributed by atoms with Crippen molar-refractivity contribution in [3.8, 4) is 0 Å². The Morgan fingerprint density at radius 3 is 2.46 bits per heavy atom. The topological polar surface area (TPSA) is 77.1 Å². The largest absolute Gasteiger partial charge is 0.344 e. The molecule has 1 saturated heterocycles. The summed E-state index contributed by atoms with van der Waals surface area (Å²) in [6.45, 7) is 4.81. The van der Waals surface area contributed by atoms with Crippen LogP contribution in [0.15, 0.2) is 79.0 Å². The number of amides is 1. The summed E-state index contributed by atoms with van der Waals surface area (Å²) in [7, 11) is 2.15. The number of nitrogens with zero attached hydrogens (tertiary/aromatic N) is 4. The van der Waals surface area contributed by atoms with E-state index in [-0.39, 0.29) is 11.9 Å². The van der Waals surface area contributed by atoms with Crippen molar-refractivity contribution < 1.29 is 4.79 Å². The van der Waals surface area contributed by atoms with E-state index in [2.05, 4.69) is 49.5 Å². The lowest BCUT2D eigenvalue weighted by molar-refractivity contribution is -0.116. The number of nitrogens with one attached hydrogen (secondary N) is 2. The average Bonchev–Trinajstić information content (AvgIpc) is 3.32. The molecule has 1 fully saturated rings.